The van der Waals surface area contributed by atoms with E-state index in [0.29, 0.717) is 0 Å². The molecule has 0 amide bonds. The highest BCUT2D eigenvalue weighted by Crippen LogP contribution is 2.43. The molecule has 76 valence electrons. The van der Waals surface area contributed by atoms with Gasteiger partial charge in [-0.2, -0.15) is 0 Å². The molecule has 1 aromatic rings. The molecular weight excluding hydrogens is 172 g/mol. The molecule has 1 fully saturated rings. The molecule has 0 aromatic heterocycles. The van der Waals surface area contributed by atoms with E-state index >= 15 is 0 Å². The monoisotopic (exact) mass is 190 g/mol. The SMILES string of the molecule is CN(CCN)C1CC1c1ccccc1. The van der Waals surface area contributed by atoms with Crippen LogP contribution in [0.2, 0.25) is 0 Å². The first-order chi connectivity index (χ1) is 6.83. The number of hydrogen-bond acceptors (Lipinski definition) is 2. The standard InChI is InChI=1S/C12H18N2/c1-14(8-7-13)12-9-11(12)10-5-3-2-4-6-10/h2-6,11-12H,7-9,13H2,1H3. The van der Waals surface area contributed by atoms with Crippen molar-refractivity contribution in [1.29, 1.82) is 0 Å². The molecule has 2 rings (SSSR count). The van der Waals surface area contributed by atoms with Crippen LogP contribution in [0.4, 0.5) is 0 Å². The molecule has 1 saturated carbocycles. The van der Waals surface area contributed by atoms with Crippen molar-refractivity contribution >= 4 is 0 Å². The third-order valence-electron chi connectivity index (χ3n) is 3.03. The Bertz CT molecular complexity index is 284. The van der Waals surface area contributed by atoms with Gasteiger partial charge in [0.2, 0.25) is 0 Å². The second kappa shape index (κ2) is 4.11. The van der Waals surface area contributed by atoms with Crippen molar-refractivity contribution in [2.45, 2.75) is 18.4 Å². The van der Waals surface area contributed by atoms with Crippen LogP contribution in [-0.2, 0) is 0 Å². The van der Waals surface area contributed by atoms with Crippen LogP contribution in [0.15, 0.2) is 30.3 Å². The van der Waals surface area contributed by atoms with E-state index < -0.39 is 0 Å². The normalized spacial score (nSPS) is 25.4. The van der Waals surface area contributed by atoms with E-state index in [-0.39, 0.29) is 0 Å². The lowest BCUT2D eigenvalue weighted by Crippen LogP contribution is -2.28. The Hall–Kier alpha value is -0.860. The molecule has 2 unspecified atom stereocenters. The van der Waals surface area contributed by atoms with Gasteiger partial charge < -0.3 is 10.6 Å². The summed E-state index contributed by atoms with van der Waals surface area (Å²) in [7, 11) is 2.17. The summed E-state index contributed by atoms with van der Waals surface area (Å²) in [5.74, 6) is 0.743. The highest BCUT2D eigenvalue weighted by molar-refractivity contribution is 5.27. The van der Waals surface area contributed by atoms with E-state index in [1.54, 1.807) is 0 Å². The van der Waals surface area contributed by atoms with Crippen molar-refractivity contribution in [3.05, 3.63) is 35.9 Å². The van der Waals surface area contributed by atoms with Crippen LogP contribution >= 0.6 is 0 Å². The first-order valence-corrected chi connectivity index (χ1v) is 5.28. The number of likely N-dealkylation sites (N-methyl/N-ethyl adjacent to an activating group) is 1. The topological polar surface area (TPSA) is 29.3 Å². The molecule has 0 heterocycles. The Morgan fingerprint density at radius 3 is 2.71 bits per heavy atom. The summed E-state index contributed by atoms with van der Waals surface area (Å²) in [5, 5.41) is 0. The average molecular weight is 190 g/mol. The molecule has 2 nitrogen and oxygen atoms in total. The predicted octanol–water partition coefficient (Wildman–Crippen LogP) is 1.43. The van der Waals surface area contributed by atoms with Gasteiger partial charge in [-0.15, -0.1) is 0 Å². The van der Waals surface area contributed by atoms with Crippen molar-refractivity contribution < 1.29 is 0 Å². The Kier molecular flexibility index (Phi) is 2.85. The van der Waals surface area contributed by atoms with E-state index in [9.17, 15) is 0 Å². The van der Waals surface area contributed by atoms with Gasteiger partial charge in [0.25, 0.3) is 0 Å². The lowest BCUT2D eigenvalue weighted by molar-refractivity contribution is 0.328. The van der Waals surface area contributed by atoms with Crippen LogP contribution in [-0.4, -0.2) is 31.1 Å². The molecule has 1 aliphatic rings. The van der Waals surface area contributed by atoms with Crippen molar-refractivity contribution in [3.8, 4) is 0 Å². The third-order valence-corrected chi connectivity index (χ3v) is 3.03. The van der Waals surface area contributed by atoms with Crippen LogP contribution in [0, 0.1) is 0 Å². The summed E-state index contributed by atoms with van der Waals surface area (Å²) in [5.41, 5.74) is 7.01. The van der Waals surface area contributed by atoms with E-state index in [1.807, 2.05) is 0 Å². The second-order valence-corrected chi connectivity index (χ2v) is 4.09. The van der Waals surface area contributed by atoms with Gasteiger partial charge in [-0.25, -0.2) is 0 Å². The molecule has 2 N–H and O–H groups in total. The highest BCUT2D eigenvalue weighted by atomic mass is 15.2. The molecule has 1 aromatic carbocycles. The molecule has 1 aliphatic carbocycles. The zero-order chi connectivity index (χ0) is 9.97. The van der Waals surface area contributed by atoms with Crippen molar-refractivity contribution in [1.82, 2.24) is 4.90 Å². The average Bonchev–Trinajstić information content (AvgIpc) is 2.99. The summed E-state index contributed by atoms with van der Waals surface area (Å²) in [6.45, 7) is 1.77. The smallest absolute Gasteiger partial charge is 0.0168 e. The Balaban J connectivity index is 1.93. The molecule has 2 atom stereocenters. The maximum Gasteiger partial charge on any atom is 0.0168 e. The fourth-order valence-corrected chi connectivity index (χ4v) is 2.10. The van der Waals surface area contributed by atoms with Gasteiger partial charge in [-0.3, -0.25) is 0 Å². The zero-order valence-electron chi connectivity index (χ0n) is 8.69. The second-order valence-electron chi connectivity index (χ2n) is 4.09. The van der Waals surface area contributed by atoms with Gasteiger partial charge in [0.1, 0.15) is 0 Å². The van der Waals surface area contributed by atoms with Gasteiger partial charge in [0.05, 0.1) is 0 Å². The summed E-state index contributed by atoms with van der Waals surface area (Å²) in [6, 6.07) is 11.5. The van der Waals surface area contributed by atoms with Gasteiger partial charge in [-0.05, 0) is 19.0 Å². The molecule has 0 bridgehead atoms. The van der Waals surface area contributed by atoms with Crippen LogP contribution in [0.1, 0.15) is 17.9 Å². The molecule has 14 heavy (non-hydrogen) atoms. The number of nitrogens with two attached hydrogens (primary N) is 1. The minimum absolute atomic E-state index is 0.723. The number of nitrogens with zero attached hydrogens (tertiary/aromatic N) is 1. The Morgan fingerprint density at radius 1 is 1.36 bits per heavy atom. The van der Waals surface area contributed by atoms with E-state index in [1.165, 1.54) is 12.0 Å². The first kappa shape index (κ1) is 9.69. The summed E-state index contributed by atoms with van der Waals surface area (Å²) in [6.07, 6.45) is 1.29. The largest absolute Gasteiger partial charge is 0.329 e. The molecule has 0 radical (unpaired) electrons. The third kappa shape index (κ3) is 1.97. The quantitative estimate of drug-likeness (QED) is 0.778. The Labute approximate surface area is 85.7 Å². The number of rotatable bonds is 4. The summed E-state index contributed by atoms with van der Waals surface area (Å²) in [4.78, 5) is 2.37. The zero-order valence-corrected chi connectivity index (χ0v) is 8.69. The summed E-state index contributed by atoms with van der Waals surface area (Å²) < 4.78 is 0. The van der Waals surface area contributed by atoms with Gasteiger partial charge in [0, 0.05) is 25.0 Å². The van der Waals surface area contributed by atoms with Crippen molar-refractivity contribution in [2.24, 2.45) is 5.73 Å². The maximum absolute atomic E-state index is 5.54. The Morgan fingerprint density at radius 2 is 2.07 bits per heavy atom. The van der Waals surface area contributed by atoms with Gasteiger partial charge in [-0.1, -0.05) is 30.3 Å². The number of benzene rings is 1. The molecule has 0 spiro atoms. The van der Waals surface area contributed by atoms with Crippen molar-refractivity contribution in [3.63, 3.8) is 0 Å². The van der Waals surface area contributed by atoms with Gasteiger partial charge >= 0.3 is 0 Å². The van der Waals surface area contributed by atoms with Gasteiger partial charge in [0.15, 0.2) is 0 Å². The predicted molar refractivity (Wildman–Crippen MR) is 59.3 cm³/mol. The van der Waals surface area contributed by atoms with E-state index in [0.717, 1.165) is 25.0 Å². The first-order valence-electron chi connectivity index (χ1n) is 5.28. The molecule has 0 saturated heterocycles. The number of hydrogen-bond donors (Lipinski definition) is 1. The maximum atomic E-state index is 5.54. The van der Waals surface area contributed by atoms with E-state index in [2.05, 4.69) is 42.3 Å². The lowest BCUT2D eigenvalue weighted by Gasteiger charge is -2.15. The molecular formula is C12H18N2. The van der Waals surface area contributed by atoms with Crippen LogP contribution in [0.25, 0.3) is 0 Å². The fourth-order valence-electron chi connectivity index (χ4n) is 2.10. The molecule has 2 heteroatoms. The highest BCUT2D eigenvalue weighted by Gasteiger charge is 2.40. The van der Waals surface area contributed by atoms with Crippen LogP contribution in [0.3, 0.4) is 0 Å². The molecule has 0 aliphatic heterocycles. The summed E-state index contributed by atoms with van der Waals surface area (Å²) >= 11 is 0. The van der Waals surface area contributed by atoms with E-state index in [4.69, 9.17) is 5.73 Å². The van der Waals surface area contributed by atoms with Crippen molar-refractivity contribution in [2.75, 3.05) is 20.1 Å². The minimum atomic E-state index is 0.723. The lowest BCUT2D eigenvalue weighted by atomic mass is 10.1. The minimum Gasteiger partial charge on any atom is -0.329 e. The fraction of sp³-hybridized carbons (Fsp3) is 0.500. The van der Waals surface area contributed by atoms with Crippen LogP contribution in [0.5, 0.6) is 0 Å². The van der Waals surface area contributed by atoms with Crippen LogP contribution < -0.4 is 5.73 Å².